The summed E-state index contributed by atoms with van der Waals surface area (Å²) in [6.07, 6.45) is 6.02. The highest BCUT2D eigenvalue weighted by molar-refractivity contribution is 5.67. The fraction of sp³-hybridized carbons (Fsp3) is 0.545. The molecule has 5 rings (SSSR count). The normalized spacial score (nSPS) is 25.3. The number of H-pyrrole nitrogens is 2. The molecular formula is C22H28N6. The third-order valence-corrected chi connectivity index (χ3v) is 7.46. The van der Waals surface area contributed by atoms with Crippen LogP contribution >= 0.6 is 0 Å². The molecule has 3 aromatic heterocycles. The standard InChI is InChI=1S/C22H28N6/c1-20(2,3)16-9-13(25-26-16)14-10-23-11-15(24-14)18-17-12-7-8-22(6,21(12,4)5)19(17)28-27-18/h9-12H,7-8H2,1-6H3,(H,25,26)(H,27,28). The Kier molecular flexibility index (Phi) is 3.33. The van der Waals surface area contributed by atoms with E-state index < -0.39 is 0 Å². The number of fused-ring (bicyclic) bond motifs is 5. The summed E-state index contributed by atoms with van der Waals surface area (Å²) in [5, 5.41) is 15.6. The van der Waals surface area contributed by atoms with Crippen LogP contribution in [0.2, 0.25) is 0 Å². The van der Waals surface area contributed by atoms with Crippen molar-refractivity contribution in [2.75, 3.05) is 0 Å². The van der Waals surface area contributed by atoms with Crippen molar-refractivity contribution in [3.63, 3.8) is 0 Å². The molecule has 0 radical (unpaired) electrons. The van der Waals surface area contributed by atoms with Crippen molar-refractivity contribution in [1.82, 2.24) is 30.4 Å². The predicted molar refractivity (Wildman–Crippen MR) is 109 cm³/mol. The number of hydrogen-bond donors (Lipinski definition) is 2. The topological polar surface area (TPSA) is 83.1 Å². The molecule has 1 saturated carbocycles. The van der Waals surface area contributed by atoms with E-state index >= 15 is 0 Å². The first-order chi connectivity index (χ1) is 13.1. The summed E-state index contributed by atoms with van der Waals surface area (Å²) in [6, 6.07) is 2.06. The van der Waals surface area contributed by atoms with Crippen LogP contribution in [0.4, 0.5) is 0 Å². The zero-order valence-corrected chi connectivity index (χ0v) is 17.5. The number of hydrogen-bond acceptors (Lipinski definition) is 4. The molecule has 146 valence electrons. The molecule has 2 aliphatic rings. The van der Waals surface area contributed by atoms with E-state index in [-0.39, 0.29) is 16.2 Å². The summed E-state index contributed by atoms with van der Waals surface area (Å²) in [7, 11) is 0. The molecule has 3 heterocycles. The van der Waals surface area contributed by atoms with Crippen LogP contribution in [0.25, 0.3) is 22.8 Å². The molecule has 2 unspecified atom stereocenters. The van der Waals surface area contributed by atoms with Gasteiger partial charge in [0.05, 0.1) is 12.4 Å². The highest BCUT2D eigenvalue weighted by atomic mass is 15.2. The van der Waals surface area contributed by atoms with Gasteiger partial charge in [0, 0.05) is 27.8 Å². The number of aromatic amines is 2. The Hall–Kier alpha value is -2.50. The molecule has 2 N–H and O–H groups in total. The molecule has 0 aliphatic heterocycles. The van der Waals surface area contributed by atoms with Gasteiger partial charge in [0.15, 0.2) is 0 Å². The molecule has 28 heavy (non-hydrogen) atoms. The monoisotopic (exact) mass is 376 g/mol. The third-order valence-electron chi connectivity index (χ3n) is 7.46. The molecule has 2 aliphatic carbocycles. The van der Waals surface area contributed by atoms with E-state index in [1.165, 1.54) is 24.1 Å². The molecule has 2 atom stereocenters. The summed E-state index contributed by atoms with van der Waals surface area (Å²) in [5.74, 6) is 0.518. The first-order valence-electron chi connectivity index (χ1n) is 10.1. The second-order valence-corrected chi connectivity index (χ2v) is 10.2. The highest BCUT2D eigenvalue weighted by Gasteiger charge is 2.61. The van der Waals surface area contributed by atoms with E-state index in [1.54, 1.807) is 6.20 Å². The van der Waals surface area contributed by atoms with Crippen molar-refractivity contribution in [3.8, 4) is 22.8 Å². The smallest absolute Gasteiger partial charge is 0.116 e. The minimum absolute atomic E-state index is 0.0135. The van der Waals surface area contributed by atoms with Gasteiger partial charge in [0.25, 0.3) is 0 Å². The van der Waals surface area contributed by atoms with Gasteiger partial charge in [-0.05, 0) is 30.2 Å². The van der Waals surface area contributed by atoms with Crippen LogP contribution in [0.5, 0.6) is 0 Å². The molecular weight excluding hydrogens is 348 g/mol. The average Bonchev–Trinajstić information content (AvgIpc) is 3.36. The van der Waals surface area contributed by atoms with Gasteiger partial charge < -0.3 is 0 Å². The lowest BCUT2D eigenvalue weighted by Crippen LogP contribution is -2.32. The lowest BCUT2D eigenvalue weighted by molar-refractivity contribution is 0.225. The summed E-state index contributed by atoms with van der Waals surface area (Å²) >= 11 is 0. The number of aromatic nitrogens is 6. The first kappa shape index (κ1) is 17.6. The third kappa shape index (κ3) is 2.14. The number of rotatable bonds is 2. The van der Waals surface area contributed by atoms with Crippen molar-refractivity contribution >= 4 is 0 Å². The van der Waals surface area contributed by atoms with Crippen molar-refractivity contribution in [3.05, 3.63) is 35.4 Å². The van der Waals surface area contributed by atoms with Crippen molar-refractivity contribution < 1.29 is 0 Å². The summed E-state index contributed by atoms with van der Waals surface area (Å²) in [4.78, 5) is 9.34. The van der Waals surface area contributed by atoms with Gasteiger partial charge in [-0.3, -0.25) is 15.2 Å². The Balaban J connectivity index is 1.58. The lowest BCUT2D eigenvalue weighted by atomic mass is 9.70. The molecule has 0 saturated heterocycles. The van der Waals surface area contributed by atoms with E-state index in [9.17, 15) is 0 Å². The minimum atomic E-state index is 0.0135. The molecule has 0 amide bonds. The molecule has 0 aromatic carbocycles. The molecule has 0 spiro atoms. The second kappa shape index (κ2) is 5.31. The van der Waals surface area contributed by atoms with Crippen molar-refractivity contribution in [2.24, 2.45) is 5.41 Å². The fourth-order valence-electron chi connectivity index (χ4n) is 5.20. The Morgan fingerprint density at radius 1 is 1.00 bits per heavy atom. The Morgan fingerprint density at radius 3 is 2.46 bits per heavy atom. The maximum atomic E-state index is 4.88. The predicted octanol–water partition coefficient (Wildman–Crippen LogP) is 4.73. The van der Waals surface area contributed by atoms with Crippen LogP contribution in [0.3, 0.4) is 0 Å². The molecule has 6 nitrogen and oxygen atoms in total. The van der Waals surface area contributed by atoms with Gasteiger partial charge in [-0.15, -0.1) is 0 Å². The molecule has 2 bridgehead atoms. The fourth-order valence-corrected chi connectivity index (χ4v) is 5.20. The highest BCUT2D eigenvalue weighted by Crippen LogP contribution is 2.68. The van der Waals surface area contributed by atoms with E-state index in [4.69, 9.17) is 4.98 Å². The van der Waals surface area contributed by atoms with E-state index in [2.05, 4.69) is 73.0 Å². The summed E-state index contributed by atoms with van der Waals surface area (Å²) < 4.78 is 0. The second-order valence-electron chi connectivity index (χ2n) is 10.2. The van der Waals surface area contributed by atoms with E-state index in [0.717, 1.165) is 28.5 Å². The SMILES string of the molecule is CC(C)(C)c1cc(-c2cncc(-c3n[nH]c4c3C3CCC4(C)C3(C)C)n2)n[nH]1. The first-order valence-corrected chi connectivity index (χ1v) is 10.1. The van der Waals surface area contributed by atoms with Crippen molar-refractivity contribution in [2.45, 2.75) is 71.1 Å². The van der Waals surface area contributed by atoms with Crippen LogP contribution in [-0.2, 0) is 10.8 Å². The van der Waals surface area contributed by atoms with E-state index in [0.29, 0.717) is 5.92 Å². The molecule has 6 heteroatoms. The Morgan fingerprint density at radius 2 is 1.75 bits per heavy atom. The number of nitrogens with zero attached hydrogens (tertiary/aromatic N) is 4. The maximum Gasteiger partial charge on any atom is 0.116 e. The van der Waals surface area contributed by atoms with Gasteiger partial charge in [-0.25, -0.2) is 4.98 Å². The van der Waals surface area contributed by atoms with Crippen LogP contribution in [0, 0.1) is 5.41 Å². The van der Waals surface area contributed by atoms with Gasteiger partial charge in [0.1, 0.15) is 22.8 Å². The minimum Gasteiger partial charge on any atom is -0.281 e. The summed E-state index contributed by atoms with van der Waals surface area (Å²) in [5.41, 5.74) is 7.51. The van der Waals surface area contributed by atoms with Gasteiger partial charge in [-0.2, -0.15) is 10.2 Å². The zero-order valence-electron chi connectivity index (χ0n) is 17.5. The molecule has 1 fully saturated rings. The average molecular weight is 377 g/mol. The Labute approximate surface area is 165 Å². The Bertz CT molecular complexity index is 1070. The lowest BCUT2D eigenvalue weighted by Gasteiger charge is -2.34. The quantitative estimate of drug-likeness (QED) is 0.677. The van der Waals surface area contributed by atoms with Crippen LogP contribution < -0.4 is 0 Å². The zero-order chi connectivity index (χ0) is 19.9. The van der Waals surface area contributed by atoms with Crippen molar-refractivity contribution in [1.29, 1.82) is 0 Å². The van der Waals surface area contributed by atoms with E-state index in [1.807, 2.05) is 6.20 Å². The van der Waals surface area contributed by atoms with Gasteiger partial charge in [-0.1, -0.05) is 41.5 Å². The van der Waals surface area contributed by atoms with Gasteiger partial charge >= 0.3 is 0 Å². The van der Waals surface area contributed by atoms with Crippen LogP contribution in [-0.4, -0.2) is 30.4 Å². The molecule has 3 aromatic rings. The van der Waals surface area contributed by atoms with Crippen LogP contribution in [0.1, 0.15) is 77.3 Å². The summed E-state index contributed by atoms with van der Waals surface area (Å²) in [6.45, 7) is 13.6. The number of nitrogens with one attached hydrogen (secondary N) is 2. The van der Waals surface area contributed by atoms with Crippen LogP contribution in [0.15, 0.2) is 18.5 Å². The largest absolute Gasteiger partial charge is 0.281 e. The van der Waals surface area contributed by atoms with Gasteiger partial charge in [0.2, 0.25) is 0 Å². The maximum absolute atomic E-state index is 4.88.